The molecule has 0 bridgehead atoms. The minimum atomic E-state index is -0.0266. The summed E-state index contributed by atoms with van der Waals surface area (Å²) in [6.45, 7) is 1.65. The molecule has 182 valence electrons. The Morgan fingerprint density at radius 2 is 1.73 bits per heavy atom. The van der Waals surface area contributed by atoms with E-state index in [-0.39, 0.29) is 42.1 Å². The van der Waals surface area contributed by atoms with Crippen LogP contribution in [0, 0.1) is 11.8 Å². The highest BCUT2D eigenvalue weighted by molar-refractivity contribution is 6.07. The zero-order valence-electron chi connectivity index (χ0n) is 19.5. The number of benzene rings is 1. The number of carbonyl (C=O) groups is 2. The number of nitrogens with zero attached hydrogens (tertiary/aromatic N) is 3. The van der Waals surface area contributed by atoms with Gasteiger partial charge in [-0.05, 0) is 43.9 Å². The summed E-state index contributed by atoms with van der Waals surface area (Å²) < 4.78 is 10.9. The van der Waals surface area contributed by atoms with E-state index in [9.17, 15) is 9.59 Å². The summed E-state index contributed by atoms with van der Waals surface area (Å²) in [5, 5.41) is 6.70. The van der Waals surface area contributed by atoms with Crippen LogP contribution >= 0.6 is 12.4 Å². The largest absolute Gasteiger partial charge is 0.493 e. The number of amides is 2. The molecule has 0 unspecified atom stereocenters. The highest BCUT2D eigenvalue weighted by Crippen LogP contribution is 2.40. The standard InChI is InChI=1S/C24H34N4O4.ClH/c1-31-20-8-7-16(15-21(20)32-2)23-18-5-3-4-6-19(18)24(30)28(26-23)17-10-13-27(14-11-17)22(29)9-12-25;/h7-8,15,17-19H,3-6,9-14,25H2,1-2H3;1H/t18-,19+;/m0./s1. The number of nitrogens with two attached hydrogens (primary N) is 1. The average Bonchev–Trinajstić information content (AvgIpc) is 2.84. The number of ether oxygens (including phenoxy) is 2. The number of halogens is 1. The number of hydrazone groups is 1. The molecule has 1 aromatic rings. The molecule has 2 amide bonds. The molecular formula is C24H35ClN4O4. The van der Waals surface area contributed by atoms with Crippen molar-refractivity contribution in [3.63, 3.8) is 0 Å². The van der Waals surface area contributed by atoms with Gasteiger partial charge in [0.05, 0.1) is 26.0 Å². The number of rotatable bonds is 6. The van der Waals surface area contributed by atoms with Gasteiger partial charge in [0.25, 0.3) is 0 Å². The first kappa shape index (κ1) is 25.3. The molecule has 2 N–H and O–H groups in total. The molecule has 2 aliphatic heterocycles. The third-order valence-electron chi connectivity index (χ3n) is 7.08. The number of likely N-dealkylation sites (tertiary alicyclic amines) is 1. The monoisotopic (exact) mass is 478 g/mol. The SMILES string of the molecule is COc1ccc(C2=NN(C3CCN(C(=O)CCN)CC3)C(=O)[C@@H]3CCCC[C@H]23)cc1OC.Cl. The Balaban J connectivity index is 0.00000306. The number of hydrogen-bond donors (Lipinski definition) is 1. The number of piperidine rings is 1. The average molecular weight is 479 g/mol. The maximum atomic E-state index is 13.5. The van der Waals surface area contributed by atoms with Crippen LogP contribution in [0.2, 0.25) is 0 Å². The van der Waals surface area contributed by atoms with E-state index in [0.717, 1.165) is 49.8 Å². The molecule has 3 aliphatic rings. The van der Waals surface area contributed by atoms with E-state index in [0.29, 0.717) is 37.6 Å². The predicted octanol–water partition coefficient (Wildman–Crippen LogP) is 2.82. The van der Waals surface area contributed by atoms with Gasteiger partial charge in [-0.25, -0.2) is 5.01 Å². The molecule has 1 saturated carbocycles. The zero-order valence-corrected chi connectivity index (χ0v) is 20.3. The molecule has 2 atom stereocenters. The normalized spacial score (nSPS) is 23.4. The summed E-state index contributed by atoms with van der Waals surface area (Å²) in [7, 11) is 3.25. The van der Waals surface area contributed by atoms with Gasteiger partial charge in [-0.15, -0.1) is 12.4 Å². The summed E-state index contributed by atoms with van der Waals surface area (Å²) in [5.41, 5.74) is 7.48. The van der Waals surface area contributed by atoms with E-state index in [1.165, 1.54) is 0 Å². The van der Waals surface area contributed by atoms with E-state index in [2.05, 4.69) is 0 Å². The highest BCUT2D eigenvalue weighted by Gasteiger charge is 2.44. The molecule has 1 aliphatic carbocycles. The molecule has 1 saturated heterocycles. The van der Waals surface area contributed by atoms with Crippen molar-refractivity contribution in [1.82, 2.24) is 9.91 Å². The molecule has 4 rings (SSSR count). The second kappa shape index (κ2) is 11.2. The van der Waals surface area contributed by atoms with Gasteiger partial charge in [0.15, 0.2) is 11.5 Å². The van der Waals surface area contributed by atoms with Crippen molar-refractivity contribution in [2.75, 3.05) is 33.9 Å². The van der Waals surface area contributed by atoms with Crippen molar-refractivity contribution in [2.24, 2.45) is 22.7 Å². The molecule has 1 aromatic carbocycles. The van der Waals surface area contributed by atoms with Crippen LogP contribution in [-0.4, -0.2) is 67.3 Å². The Labute approximate surface area is 201 Å². The molecule has 0 radical (unpaired) electrons. The van der Waals surface area contributed by atoms with Crippen LogP contribution in [-0.2, 0) is 9.59 Å². The van der Waals surface area contributed by atoms with Gasteiger partial charge in [0.1, 0.15) is 0 Å². The van der Waals surface area contributed by atoms with Crippen molar-refractivity contribution in [2.45, 2.75) is 51.0 Å². The Bertz CT molecular complexity index is 885. The van der Waals surface area contributed by atoms with Gasteiger partial charge in [0.2, 0.25) is 11.8 Å². The van der Waals surface area contributed by atoms with E-state index in [1.54, 1.807) is 19.2 Å². The van der Waals surface area contributed by atoms with E-state index in [1.807, 2.05) is 23.1 Å². The van der Waals surface area contributed by atoms with Crippen LogP contribution in [0.25, 0.3) is 0 Å². The first-order chi connectivity index (χ1) is 15.6. The lowest BCUT2D eigenvalue weighted by atomic mass is 9.73. The van der Waals surface area contributed by atoms with E-state index < -0.39 is 0 Å². The fraction of sp³-hybridized carbons (Fsp3) is 0.625. The van der Waals surface area contributed by atoms with Gasteiger partial charge >= 0.3 is 0 Å². The quantitative estimate of drug-likeness (QED) is 0.678. The van der Waals surface area contributed by atoms with Crippen LogP contribution in [0.3, 0.4) is 0 Å². The zero-order chi connectivity index (χ0) is 22.7. The maximum Gasteiger partial charge on any atom is 0.246 e. The molecule has 8 nitrogen and oxygen atoms in total. The first-order valence-electron chi connectivity index (χ1n) is 11.7. The van der Waals surface area contributed by atoms with Crippen LogP contribution in [0.5, 0.6) is 11.5 Å². The summed E-state index contributed by atoms with van der Waals surface area (Å²) in [6.07, 6.45) is 5.92. The summed E-state index contributed by atoms with van der Waals surface area (Å²) in [4.78, 5) is 27.5. The number of carbonyl (C=O) groups excluding carboxylic acids is 2. The molecular weight excluding hydrogens is 444 g/mol. The minimum absolute atomic E-state index is 0. The maximum absolute atomic E-state index is 13.5. The summed E-state index contributed by atoms with van der Waals surface area (Å²) in [5.74, 6) is 1.69. The van der Waals surface area contributed by atoms with Gasteiger partial charge in [-0.3, -0.25) is 9.59 Å². The van der Waals surface area contributed by atoms with Gasteiger partial charge < -0.3 is 20.1 Å². The van der Waals surface area contributed by atoms with Crippen molar-refractivity contribution in [1.29, 1.82) is 0 Å². The minimum Gasteiger partial charge on any atom is -0.493 e. The first-order valence-corrected chi connectivity index (χ1v) is 11.7. The summed E-state index contributed by atoms with van der Waals surface area (Å²) >= 11 is 0. The van der Waals surface area contributed by atoms with E-state index >= 15 is 0 Å². The van der Waals surface area contributed by atoms with Crippen molar-refractivity contribution >= 4 is 29.9 Å². The molecule has 0 aromatic heterocycles. The topological polar surface area (TPSA) is 97.5 Å². The van der Waals surface area contributed by atoms with E-state index in [4.69, 9.17) is 20.3 Å². The molecule has 0 spiro atoms. The lowest BCUT2D eigenvalue weighted by Crippen LogP contribution is -2.53. The smallest absolute Gasteiger partial charge is 0.246 e. The number of fused-ring (bicyclic) bond motifs is 1. The molecule has 2 heterocycles. The fourth-order valence-electron chi connectivity index (χ4n) is 5.33. The summed E-state index contributed by atoms with van der Waals surface area (Å²) in [6, 6.07) is 5.89. The van der Waals surface area contributed by atoms with Gasteiger partial charge in [-0.1, -0.05) is 12.8 Å². The molecule has 2 fully saturated rings. The lowest BCUT2D eigenvalue weighted by Gasteiger charge is -2.43. The van der Waals surface area contributed by atoms with Gasteiger partial charge in [-0.2, -0.15) is 5.10 Å². The third kappa shape index (κ3) is 5.11. The van der Waals surface area contributed by atoms with Crippen LogP contribution < -0.4 is 15.2 Å². The van der Waals surface area contributed by atoms with Crippen LogP contribution in [0.15, 0.2) is 23.3 Å². The second-order valence-electron chi connectivity index (χ2n) is 8.89. The Hall–Kier alpha value is -2.32. The van der Waals surface area contributed by atoms with Gasteiger partial charge in [0, 0.05) is 43.5 Å². The Morgan fingerprint density at radius 3 is 2.36 bits per heavy atom. The highest BCUT2D eigenvalue weighted by atomic mass is 35.5. The van der Waals surface area contributed by atoms with Crippen molar-refractivity contribution in [3.8, 4) is 11.5 Å². The third-order valence-corrected chi connectivity index (χ3v) is 7.08. The predicted molar refractivity (Wildman–Crippen MR) is 129 cm³/mol. The number of methoxy groups -OCH3 is 2. The molecule has 33 heavy (non-hydrogen) atoms. The fourth-order valence-corrected chi connectivity index (χ4v) is 5.33. The van der Waals surface area contributed by atoms with Crippen LogP contribution in [0.1, 0.15) is 50.5 Å². The number of hydrogen-bond acceptors (Lipinski definition) is 6. The lowest BCUT2D eigenvalue weighted by molar-refractivity contribution is -0.143. The van der Waals surface area contributed by atoms with Crippen LogP contribution in [0.4, 0.5) is 0 Å². The second-order valence-corrected chi connectivity index (χ2v) is 8.89. The Kier molecular flexibility index (Phi) is 8.59. The van der Waals surface area contributed by atoms with Crippen molar-refractivity contribution < 1.29 is 19.1 Å². The Morgan fingerprint density at radius 1 is 1.06 bits per heavy atom. The molecule has 9 heteroatoms. The van der Waals surface area contributed by atoms with Crippen molar-refractivity contribution in [3.05, 3.63) is 23.8 Å².